The molecule has 7 heteroatoms. The van der Waals surface area contributed by atoms with Gasteiger partial charge in [-0.05, 0) is 24.3 Å². The summed E-state index contributed by atoms with van der Waals surface area (Å²) in [6, 6.07) is 9.20. The van der Waals surface area contributed by atoms with E-state index in [9.17, 15) is 9.18 Å². The number of nitrogens with one attached hydrogen (secondary N) is 1. The SMILES string of the molecule is COc1cc(OC)c(OC)cc1/C=C1\N=C(c2cccc(F)c2)NC1=O. The first kappa shape index (κ1) is 17.5. The molecule has 0 aromatic heterocycles. The van der Waals surface area contributed by atoms with Crippen molar-refractivity contribution in [3.8, 4) is 17.2 Å². The van der Waals surface area contributed by atoms with Crippen molar-refractivity contribution in [2.75, 3.05) is 21.3 Å². The van der Waals surface area contributed by atoms with E-state index in [0.29, 0.717) is 34.2 Å². The number of halogens is 1. The number of carbonyl (C=O) groups is 1. The van der Waals surface area contributed by atoms with Gasteiger partial charge in [-0.15, -0.1) is 0 Å². The van der Waals surface area contributed by atoms with Gasteiger partial charge in [-0.2, -0.15) is 0 Å². The third kappa shape index (κ3) is 3.37. The largest absolute Gasteiger partial charge is 0.496 e. The molecule has 0 spiro atoms. The summed E-state index contributed by atoms with van der Waals surface area (Å²) < 4.78 is 29.3. The number of carbonyl (C=O) groups excluding carboxylic acids is 1. The number of benzene rings is 2. The van der Waals surface area contributed by atoms with E-state index in [4.69, 9.17) is 14.2 Å². The number of amidine groups is 1. The first-order valence-corrected chi connectivity index (χ1v) is 7.73. The second-order valence-corrected chi connectivity index (χ2v) is 5.40. The third-order valence-corrected chi connectivity index (χ3v) is 3.82. The smallest absolute Gasteiger partial charge is 0.275 e. The van der Waals surface area contributed by atoms with Gasteiger partial charge in [-0.1, -0.05) is 12.1 Å². The lowest BCUT2D eigenvalue weighted by molar-refractivity contribution is -0.115. The second kappa shape index (κ2) is 7.26. The van der Waals surface area contributed by atoms with Crippen LogP contribution in [0.15, 0.2) is 47.1 Å². The standard InChI is InChI=1S/C19H17FN2O4/c1-24-15-10-17(26-3)16(25-2)9-12(15)8-14-19(23)22-18(21-14)11-5-4-6-13(20)7-11/h4-10H,1-3H3,(H,21,22,23)/b14-8-. The summed E-state index contributed by atoms with van der Waals surface area (Å²) in [5.41, 5.74) is 1.26. The Hall–Kier alpha value is -3.35. The van der Waals surface area contributed by atoms with Gasteiger partial charge in [0.2, 0.25) is 0 Å². The summed E-state index contributed by atoms with van der Waals surface area (Å²) in [6.45, 7) is 0. The molecule has 0 aliphatic carbocycles. The molecule has 0 atom stereocenters. The van der Waals surface area contributed by atoms with Gasteiger partial charge in [0.05, 0.1) is 21.3 Å². The van der Waals surface area contributed by atoms with Crippen molar-refractivity contribution in [3.63, 3.8) is 0 Å². The first-order chi connectivity index (χ1) is 12.5. The fourth-order valence-corrected chi connectivity index (χ4v) is 2.55. The summed E-state index contributed by atoms with van der Waals surface area (Å²) in [6.07, 6.45) is 1.57. The maximum Gasteiger partial charge on any atom is 0.275 e. The highest BCUT2D eigenvalue weighted by Gasteiger charge is 2.22. The van der Waals surface area contributed by atoms with Crippen LogP contribution in [0, 0.1) is 5.82 Å². The average Bonchev–Trinajstić information content (AvgIpc) is 3.02. The quantitative estimate of drug-likeness (QED) is 0.837. The lowest BCUT2D eigenvalue weighted by atomic mass is 10.1. The molecule has 0 saturated heterocycles. The van der Waals surface area contributed by atoms with Gasteiger partial charge < -0.3 is 19.5 Å². The normalized spacial score (nSPS) is 14.8. The van der Waals surface area contributed by atoms with Gasteiger partial charge in [0.25, 0.3) is 5.91 Å². The maximum absolute atomic E-state index is 13.4. The molecule has 1 N–H and O–H groups in total. The molecular formula is C19H17FN2O4. The molecule has 3 rings (SSSR count). The molecule has 0 bridgehead atoms. The Morgan fingerprint density at radius 1 is 1.00 bits per heavy atom. The van der Waals surface area contributed by atoms with E-state index in [0.717, 1.165) is 0 Å². The molecule has 1 heterocycles. The van der Waals surface area contributed by atoms with Gasteiger partial charge >= 0.3 is 0 Å². The predicted molar refractivity (Wildman–Crippen MR) is 95.2 cm³/mol. The number of ether oxygens (including phenoxy) is 3. The van der Waals surface area contributed by atoms with Crippen molar-refractivity contribution in [2.45, 2.75) is 0 Å². The number of aliphatic imine (C=N–C) groups is 1. The van der Waals surface area contributed by atoms with Crippen LogP contribution < -0.4 is 19.5 Å². The minimum atomic E-state index is -0.404. The predicted octanol–water partition coefficient (Wildman–Crippen LogP) is 2.77. The summed E-state index contributed by atoms with van der Waals surface area (Å²) in [5.74, 6) is 0.997. The third-order valence-electron chi connectivity index (χ3n) is 3.82. The monoisotopic (exact) mass is 356 g/mol. The molecule has 0 radical (unpaired) electrons. The van der Waals surface area contributed by atoms with E-state index >= 15 is 0 Å². The fraction of sp³-hybridized carbons (Fsp3) is 0.158. The van der Waals surface area contributed by atoms with E-state index in [1.165, 1.54) is 33.5 Å². The van der Waals surface area contributed by atoms with Gasteiger partial charge in [0.1, 0.15) is 23.1 Å². The zero-order valence-corrected chi connectivity index (χ0v) is 14.5. The van der Waals surface area contributed by atoms with Crippen molar-refractivity contribution in [2.24, 2.45) is 4.99 Å². The van der Waals surface area contributed by atoms with Crippen LogP contribution in [0.4, 0.5) is 4.39 Å². The lowest BCUT2D eigenvalue weighted by Crippen LogP contribution is -2.24. The highest BCUT2D eigenvalue weighted by Crippen LogP contribution is 2.36. The number of hydrogen-bond donors (Lipinski definition) is 1. The molecular weight excluding hydrogens is 339 g/mol. The number of nitrogens with zero attached hydrogens (tertiary/aromatic N) is 1. The van der Waals surface area contributed by atoms with Gasteiger partial charge in [0, 0.05) is 17.2 Å². The summed E-state index contributed by atoms with van der Waals surface area (Å²) in [4.78, 5) is 16.5. The maximum atomic E-state index is 13.4. The van der Waals surface area contributed by atoms with Crippen molar-refractivity contribution in [1.82, 2.24) is 5.32 Å². The summed E-state index contributed by atoms with van der Waals surface area (Å²) in [5, 5.41) is 2.64. The van der Waals surface area contributed by atoms with Crippen LogP contribution in [0.5, 0.6) is 17.2 Å². The van der Waals surface area contributed by atoms with E-state index in [1.807, 2.05) is 0 Å². The highest BCUT2D eigenvalue weighted by atomic mass is 19.1. The van der Waals surface area contributed by atoms with Crippen LogP contribution in [-0.2, 0) is 4.79 Å². The van der Waals surface area contributed by atoms with E-state index in [2.05, 4.69) is 10.3 Å². The molecule has 26 heavy (non-hydrogen) atoms. The number of amides is 1. The molecule has 2 aromatic rings. The number of rotatable bonds is 5. The molecule has 134 valence electrons. The van der Waals surface area contributed by atoms with E-state index in [1.54, 1.807) is 30.3 Å². The minimum Gasteiger partial charge on any atom is -0.496 e. The molecule has 2 aromatic carbocycles. The lowest BCUT2D eigenvalue weighted by Gasteiger charge is -2.12. The van der Waals surface area contributed by atoms with Gasteiger partial charge in [0.15, 0.2) is 11.5 Å². The molecule has 0 saturated carbocycles. The van der Waals surface area contributed by atoms with Crippen LogP contribution in [0.1, 0.15) is 11.1 Å². The summed E-state index contributed by atoms with van der Waals surface area (Å²) in [7, 11) is 4.55. The zero-order valence-electron chi connectivity index (χ0n) is 14.5. The van der Waals surface area contributed by atoms with Crippen molar-refractivity contribution in [3.05, 3.63) is 59.0 Å². The van der Waals surface area contributed by atoms with E-state index < -0.39 is 5.82 Å². The molecule has 1 amide bonds. The Labute approximate surface area is 149 Å². The average molecular weight is 356 g/mol. The Kier molecular flexibility index (Phi) is 4.88. The zero-order chi connectivity index (χ0) is 18.7. The molecule has 1 aliphatic rings. The van der Waals surface area contributed by atoms with Gasteiger partial charge in [-0.3, -0.25) is 4.79 Å². The van der Waals surface area contributed by atoms with E-state index in [-0.39, 0.29) is 11.6 Å². The Morgan fingerprint density at radius 3 is 2.35 bits per heavy atom. The number of hydrogen-bond acceptors (Lipinski definition) is 5. The number of methoxy groups -OCH3 is 3. The minimum absolute atomic E-state index is 0.176. The second-order valence-electron chi connectivity index (χ2n) is 5.40. The van der Waals surface area contributed by atoms with Crippen molar-refractivity contribution in [1.29, 1.82) is 0 Å². The van der Waals surface area contributed by atoms with Crippen LogP contribution in [0.2, 0.25) is 0 Å². The molecule has 1 aliphatic heterocycles. The van der Waals surface area contributed by atoms with Crippen molar-refractivity contribution >= 4 is 17.8 Å². The molecule has 6 nitrogen and oxygen atoms in total. The Balaban J connectivity index is 2.03. The van der Waals surface area contributed by atoms with Crippen LogP contribution in [0.25, 0.3) is 6.08 Å². The Bertz CT molecular complexity index is 922. The highest BCUT2D eigenvalue weighted by molar-refractivity contribution is 6.19. The summed E-state index contributed by atoms with van der Waals surface area (Å²) >= 11 is 0. The molecule has 0 fully saturated rings. The van der Waals surface area contributed by atoms with Crippen molar-refractivity contribution < 1.29 is 23.4 Å². The van der Waals surface area contributed by atoms with Crippen LogP contribution in [0.3, 0.4) is 0 Å². The fourth-order valence-electron chi connectivity index (χ4n) is 2.55. The first-order valence-electron chi connectivity index (χ1n) is 7.73. The van der Waals surface area contributed by atoms with Crippen LogP contribution >= 0.6 is 0 Å². The topological polar surface area (TPSA) is 69.2 Å². The molecule has 0 unspecified atom stereocenters. The Morgan fingerprint density at radius 2 is 1.69 bits per heavy atom. The van der Waals surface area contributed by atoms with Gasteiger partial charge in [-0.25, -0.2) is 9.38 Å². The van der Waals surface area contributed by atoms with Crippen LogP contribution in [-0.4, -0.2) is 33.1 Å².